The molecule has 182 valence electrons. The Kier molecular flexibility index (Phi) is 13.6. The summed E-state index contributed by atoms with van der Waals surface area (Å²) in [5.41, 5.74) is 4.34. The Balaban J connectivity index is 6.43. The number of hydrogen-bond acceptors (Lipinski definition) is 9. The van der Waals surface area contributed by atoms with Gasteiger partial charge >= 0.3 is 0 Å². The van der Waals surface area contributed by atoms with Crippen molar-refractivity contribution in [1.29, 1.82) is 0 Å². The van der Waals surface area contributed by atoms with Crippen molar-refractivity contribution >= 4 is 20.5 Å². The zero-order valence-corrected chi connectivity index (χ0v) is 24.7. The normalized spacial score (nSPS) is 18.3. The van der Waals surface area contributed by atoms with Crippen LogP contribution >= 0.6 is 0 Å². The van der Waals surface area contributed by atoms with Crippen LogP contribution in [0.25, 0.3) is 0 Å². The third kappa shape index (κ3) is 5.70. The number of hydrogen-bond donors (Lipinski definition) is 1. The van der Waals surface area contributed by atoms with E-state index in [2.05, 4.69) is 13.8 Å². The van der Waals surface area contributed by atoms with Crippen LogP contribution in [0.4, 0.5) is 0 Å². The zero-order valence-electron chi connectivity index (χ0n) is 20.7. The highest BCUT2D eigenvalue weighted by molar-refractivity contribution is 6.15. The number of nitrogens with two attached hydrogens (primary N) is 1. The molecule has 0 aromatic carbocycles. The molecule has 9 nitrogen and oxygen atoms in total. The lowest BCUT2D eigenvalue weighted by molar-refractivity contribution is -0.426. The summed E-state index contributed by atoms with van der Waals surface area (Å²) in [6.45, 7) is 5.09. The van der Waals surface area contributed by atoms with Crippen molar-refractivity contribution in [2.45, 2.75) is 68.0 Å². The number of methoxy groups -OCH3 is 6. The molecule has 0 aliphatic rings. The standard InChI is InChI=1S/C19H45NO8Si2/c1-9-11-13-27-18(29,25-7)16(21-3,22-4)15(20)17(23-5,24-6)19(30,26-8)28-14-12-10-2/h15H,9-14,20H2,1-8,29-30H3. The molecule has 11 heteroatoms. The third-order valence-corrected chi connectivity index (χ3v) is 8.62. The summed E-state index contributed by atoms with van der Waals surface area (Å²) in [5.74, 6) is -3.12. The Hall–Kier alpha value is 0.0738. The molecule has 2 unspecified atom stereocenters. The molecule has 0 radical (unpaired) electrons. The van der Waals surface area contributed by atoms with E-state index in [1.807, 2.05) is 0 Å². The van der Waals surface area contributed by atoms with Gasteiger partial charge in [0.25, 0.3) is 0 Å². The molecule has 30 heavy (non-hydrogen) atoms. The van der Waals surface area contributed by atoms with Crippen molar-refractivity contribution in [2.24, 2.45) is 5.73 Å². The summed E-state index contributed by atoms with van der Waals surface area (Å²) >= 11 is 0. The predicted octanol–water partition coefficient (Wildman–Crippen LogP) is -0.743. The first-order chi connectivity index (χ1) is 14.1. The van der Waals surface area contributed by atoms with E-state index in [9.17, 15) is 0 Å². The van der Waals surface area contributed by atoms with Crippen LogP contribution in [0.1, 0.15) is 39.5 Å². The van der Waals surface area contributed by atoms with Crippen molar-refractivity contribution in [3.05, 3.63) is 0 Å². The molecule has 0 aliphatic carbocycles. The van der Waals surface area contributed by atoms with Gasteiger partial charge in [-0.2, -0.15) is 0 Å². The highest BCUT2D eigenvalue weighted by Crippen LogP contribution is 2.42. The molecule has 0 saturated heterocycles. The van der Waals surface area contributed by atoms with Crippen molar-refractivity contribution in [3.8, 4) is 0 Å². The second-order valence-corrected chi connectivity index (χ2v) is 9.97. The van der Waals surface area contributed by atoms with E-state index in [1.54, 1.807) is 14.2 Å². The smallest absolute Gasteiger partial charge is 0.239 e. The van der Waals surface area contributed by atoms with Crippen molar-refractivity contribution in [2.75, 3.05) is 55.9 Å². The Morgan fingerprint density at radius 2 is 0.933 bits per heavy atom. The van der Waals surface area contributed by atoms with Gasteiger partial charge in [0.05, 0.1) is 20.5 Å². The Bertz CT molecular complexity index is 428. The number of rotatable bonds is 18. The lowest BCUT2D eigenvalue weighted by Crippen LogP contribution is -2.80. The van der Waals surface area contributed by atoms with Crippen LogP contribution in [0, 0.1) is 0 Å². The monoisotopic (exact) mass is 471 g/mol. The van der Waals surface area contributed by atoms with E-state index in [4.69, 9.17) is 43.6 Å². The topological polar surface area (TPSA) is 99.9 Å². The first-order valence-electron chi connectivity index (χ1n) is 10.5. The molecule has 0 aromatic rings. The average Bonchev–Trinajstić information content (AvgIpc) is 2.76. The molecular formula is C19H45NO8Si2. The maximum atomic E-state index is 6.83. The van der Waals surface area contributed by atoms with E-state index < -0.39 is 28.4 Å². The third-order valence-electron chi connectivity index (χ3n) is 5.83. The Labute approximate surface area is 188 Å². The summed E-state index contributed by atoms with van der Waals surface area (Å²) in [6.07, 6.45) is 3.65. The summed E-state index contributed by atoms with van der Waals surface area (Å²) in [7, 11) is 9.83. The highest BCUT2D eigenvalue weighted by Gasteiger charge is 2.68. The lowest BCUT2D eigenvalue weighted by Gasteiger charge is -2.55. The minimum Gasteiger partial charge on any atom is -0.353 e. The molecule has 0 aromatic heterocycles. The van der Waals surface area contributed by atoms with E-state index in [-0.39, 0.29) is 0 Å². The minimum atomic E-state index is -1.56. The van der Waals surface area contributed by atoms with Crippen LogP contribution < -0.4 is 5.73 Å². The first kappa shape index (κ1) is 30.1. The second-order valence-electron chi connectivity index (χ2n) is 7.33. The van der Waals surface area contributed by atoms with Gasteiger partial charge in [-0.05, 0) is 12.8 Å². The molecule has 0 saturated carbocycles. The summed E-state index contributed by atoms with van der Waals surface area (Å²) in [5, 5.41) is 0. The molecule has 2 atom stereocenters. The lowest BCUT2D eigenvalue weighted by atomic mass is 9.95. The summed E-state index contributed by atoms with van der Waals surface area (Å²) < 4.78 is 47.5. The van der Waals surface area contributed by atoms with Gasteiger partial charge in [0, 0.05) is 55.9 Å². The fourth-order valence-electron chi connectivity index (χ4n) is 3.66. The molecule has 2 N–H and O–H groups in total. The van der Waals surface area contributed by atoms with Crippen LogP contribution in [0.15, 0.2) is 0 Å². The van der Waals surface area contributed by atoms with E-state index >= 15 is 0 Å². The zero-order chi connectivity index (χ0) is 23.5. The van der Waals surface area contributed by atoms with Crippen LogP contribution in [-0.4, -0.2) is 105 Å². The average molecular weight is 472 g/mol. The fourth-order valence-corrected chi connectivity index (χ4v) is 5.50. The van der Waals surface area contributed by atoms with Gasteiger partial charge in [-0.3, -0.25) is 0 Å². The summed E-state index contributed by atoms with van der Waals surface area (Å²) in [6, 6.07) is -1.06. The molecule has 0 amide bonds. The molecule has 0 fully saturated rings. The fraction of sp³-hybridized carbons (Fsp3) is 1.00. The number of ether oxygens (including phenoxy) is 8. The van der Waals surface area contributed by atoms with Crippen LogP contribution in [0.2, 0.25) is 0 Å². The van der Waals surface area contributed by atoms with Gasteiger partial charge in [0.1, 0.15) is 6.04 Å². The van der Waals surface area contributed by atoms with Gasteiger partial charge < -0.3 is 43.6 Å². The second kappa shape index (κ2) is 13.6. The number of unbranched alkanes of at least 4 members (excludes halogenated alkanes) is 2. The maximum absolute atomic E-state index is 6.83. The van der Waals surface area contributed by atoms with Crippen molar-refractivity contribution in [1.82, 2.24) is 0 Å². The Morgan fingerprint density at radius 1 is 0.633 bits per heavy atom. The van der Waals surface area contributed by atoms with E-state index in [0.717, 1.165) is 25.7 Å². The maximum Gasteiger partial charge on any atom is 0.239 e. The van der Waals surface area contributed by atoms with Crippen molar-refractivity contribution < 1.29 is 37.9 Å². The van der Waals surface area contributed by atoms with Gasteiger partial charge in [-0.15, -0.1) is 0 Å². The first-order valence-corrected chi connectivity index (χ1v) is 12.5. The predicted molar refractivity (Wildman–Crippen MR) is 123 cm³/mol. The van der Waals surface area contributed by atoms with Gasteiger partial charge in [-0.25, -0.2) is 0 Å². The van der Waals surface area contributed by atoms with Gasteiger partial charge in [0.2, 0.25) is 11.6 Å². The minimum absolute atomic E-state index is 0.385. The quantitative estimate of drug-likeness (QED) is 0.157. The molecule has 0 spiro atoms. The van der Waals surface area contributed by atoms with Crippen LogP contribution in [0.5, 0.6) is 0 Å². The van der Waals surface area contributed by atoms with Gasteiger partial charge in [0.15, 0.2) is 10.8 Å². The van der Waals surface area contributed by atoms with E-state index in [1.165, 1.54) is 28.4 Å². The molecule has 0 rings (SSSR count). The molecule has 0 aliphatic heterocycles. The molecule has 0 heterocycles. The molecule has 0 bridgehead atoms. The van der Waals surface area contributed by atoms with Gasteiger partial charge in [-0.1, -0.05) is 26.7 Å². The van der Waals surface area contributed by atoms with Crippen LogP contribution in [-0.2, 0) is 37.9 Å². The highest BCUT2D eigenvalue weighted by atomic mass is 28.2. The van der Waals surface area contributed by atoms with E-state index in [0.29, 0.717) is 33.7 Å². The van der Waals surface area contributed by atoms with Crippen molar-refractivity contribution in [3.63, 3.8) is 0 Å². The largest absolute Gasteiger partial charge is 0.353 e. The SMILES string of the molecule is CCCCOC([SiH3])(OC)C(OC)(OC)C(N)C(OC)(OC)C([SiH3])(OC)OCCCC. The Morgan fingerprint density at radius 3 is 1.13 bits per heavy atom. The molecular weight excluding hydrogens is 426 g/mol. The summed E-state index contributed by atoms with van der Waals surface area (Å²) in [4.78, 5) is 0. The van der Waals surface area contributed by atoms with Crippen LogP contribution in [0.3, 0.4) is 0 Å².